The van der Waals surface area contributed by atoms with Gasteiger partial charge in [0.1, 0.15) is 5.52 Å². The molecule has 0 radical (unpaired) electrons. The molecule has 3 aromatic rings. The number of benzene rings is 1. The van der Waals surface area contributed by atoms with E-state index in [9.17, 15) is 8.78 Å². The molecule has 18 heavy (non-hydrogen) atoms. The molecule has 0 aliphatic rings. The molecule has 0 spiro atoms. The number of imidazole rings is 1. The zero-order valence-electron chi connectivity index (χ0n) is 8.85. The quantitative estimate of drug-likeness (QED) is 0.725. The van der Waals surface area contributed by atoms with Gasteiger partial charge in [-0.15, -0.1) is 0 Å². The Hall–Kier alpha value is -2.09. The van der Waals surface area contributed by atoms with Gasteiger partial charge in [0.15, 0.2) is 22.2 Å². The Morgan fingerprint density at radius 2 is 2.22 bits per heavy atom. The Morgan fingerprint density at radius 1 is 1.39 bits per heavy atom. The highest BCUT2D eigenvalue weighted by atomic mass is 32.1. The van der Waals surface area contributed by atoms with Crippen LogP contribution in [0.3, 0.4) is 0 Å². The number of nitrogens with zero attached hydrogens (tertiary/aromatic N) is 3. The van der Waals surface area contributed by atoms with E-state index in [0.717, 1.165) is 12.5 Å². The summed E-state index contributed by atoms with van der Waals surface area (Å²) in [6.07, 6.45) is 1.16. The molecule has 3 rings (SSSR count). The van der Waals surface area contributed by atoms with Gasteiger partial charge in [0.2, 0.25) is 6.39 Å². The number of aromatic amines is 1. The first-order valence-corrected chi connectivity index (χ1v) is 5.39. The van der Waals surface area contributed by atoms with Crippen LogP contribution in [0.25, 0.3) is 11.0 Å². The molecule has 0 atom stereocenters. The molecule has 0 unspecified atom stereocenters. The molecule has 0 amide bonds. The van der Waals surface area contributed by atoms with E-state index >= 15 is 0 Å². The van der Waals surface area contributed by atoms with Crippen molar-refractivity contribution in [1.29, 1.82) is 0 Å². The summed E-state index contributed by atoms with van der Waals surface area (Å²) in [5, 5.41) is 3.61. The van der Waals surface area contributed by atoms with E-state index in [0.29, 0.717) is 11.3 Å². The summed E-state index contributed by atoms with van der Waals surface area (Å²) in [5.41, 5.74) is 0.479. The number of aromatic nitrogens is 4. The zero-order chi connectivity index (χ0) is 12.7. The van der Waals surface area contributed by atoms with Gasteiger partial charge in [-0.1, -0.05) is 5.16 Å². The first kappa shape index (κ1) is 11.0. The van der Waals surface area contributed by atoms with Gasteiger partial charge in [-0.05, 0) is 24.4 Å². The lowest BCUT2D eigenvalue weighted by molar-refractivity contribution is 0.408. The van der Waals surface area contributed by atoms with Gasteiger partial charge in [0, 0.05) is 0 Å². The van der Waals surface area contributed by atoms with Crippen molar-refractivity contribution >= 4 is 23.3 Å². The fourth-order valence-corrected chi connectivity index (χ4v) is 2.01. The maximum atomic E-state index is 13.8. The molecule has 1 N–H and O–H groups in total. The number of hydrogen-bond donors (Lipinski definition) is 1. The Labute approximate surface area is 104 Å². The monoisotopic (exact) mass is 268 g/mol. The Balaban J connectivity index is 2.24. The van der Waals surface area contributed by atoms with Gasteiger partial charge < -0.3 is 14.1 Å². The second-order valence-electron chi connectivity index (χ2n) is 3.62. The average Bonchev–Trinajstić information content (AvgIpc) is 2.94. The fraction of sp³-hybridized carbons (Fsp3) is 0.100. The number of halogens is 2. The molecule has 2 aromatic heterocycles. The summed E-state index contributed by atoms with van der Waals surface area (Å²) in [7, 11) is 0. The van der Waals surface area contributed by atoms with Crippen molar-refractivity contribution in [3.63, 3.8) is 0 Å². The second-order valence-corrected chi connectivity index (χ2v) is 4.01. The van der Waals surface area contributed by atoms with E-state index in [2.05, 4.69) is 19.6 Å². The highest BCUT2D eigenvalue weighted by Crippen LogP contribution is 2.20. The van der Waals surface area contributed by atoms with Gasteiger partial charge >= 0.3 is 0 Å². The summed E-state index contributed by atoms with van der Waals surface area (Å²) in [4.78, 5) is 6.61. The fourth-order valence-electron chi connectivity index (χ4n) is 1.74. The van der Waals surface area contributed by atoms with Crippen LogP contribution in [0.4, 0.5) is 8.78 Å². The smallest absolute Gasteiger partial charge is 0.213 e. The van der Waals surface area contributed by atoms with E-state index in [4.69, 9.17) is 12.2 Å². The van der Waals surface area contributed by atoms with Crippen LogP contribution in [0, 0.1) is 16.4 Å². The molecule has 0 aliphatic carbocycles. The highest BCUT2D eigenvalue weighted by molar-refractivity contribution is 7.71. The molecule has 2 heterocycles. The summed E-state index contributed by atoms with van der Waals surface area (Å²) < 4.78 is 33.2. The molecular weight excluding hydrogens is 262 g/mol. The summed E-state index contributed by atoms with van der Waals surface area (Å²) >= 11 is 5.06. The molecule has 0 bridgehead atoms. The maximum Gasteiger partial charge on any atom is 0.213 e. The summed E-state index contributed by atoms with van der Waals surface area (Å²) in [6, 6.07) is 2.47. The van der Waals surface area contributed by atoms with Crippen LogP contribution < -0.4 is 0 Å². The van der Waals surface area contributed by atoms with Crippen LogP contribution in [0.2, 0.25) is 0 Å². The summed E-state index contributed by atoms with van der Waals surface area (Å²) in [5.74, 6) is -1.56. The third kappa shape index (κ3) is 1.61. The van der Waals surface area contributed by atoms with Gasteiger partial charge in [0.25, 0.3) is 0 Å². The maximum absolute atomic E-state index is 13.8. The van der Waals surface area contributed by atoms with Crippen molar-refractivity contribution in [2.75, 3.05) is 0 Å². The molecule has 5 nitrogen and oxygen atoms in total. The zero-order valence-corrected chi connectivity index (χ0v) is 9.67. The SMILES string of the molecule is Fc1ccc2[nH]c(=S)n(Cc3ncon3)c2c1F. The normalized spacial score (nSPS) is 11.2. The first-order chi connectivity index (χ1) is 8.66. The Morgan fingerprint density at radius 3 is 2.94 bits per heavy atom. The van der Waals surface area contributed by atoms with E-state index in [1.54, 1.807) is 0 Å². The number of fused-ring (bicyclic) bond motifs is 1. The van der Waals surface area contributed by atoms with Crippen LogP contribution in [0.5, 0.6) is 0 Å². The van der Waals surface area contributed by atoms with Crippen molar-refractivity contribution in [2.24, 2.45) is 0 Å². The van der Waals surface area contributed by atoms with Crippen LogP contribution in [-0.4, -0.2) is 19.7 Å². The van der Waals surface area contributed by atoms with Crippen molar-refractivity contribution in [3.05, 3.63) is 40.8 Å². The number of hydrogen-bond acceptors (Lipinski definition) is 4. The van der Waals surface area contributed by atoms with Crippen LogP contribution >= 0.6 is 12.2 Å². The lowest BCUT2D eigenvalue weighted by Gasteiger charge is -2.02. The molecule has 8 heteroatoms. The predicted molar refractivity (Wildman–Crippen MR) is 60.4 cm³/mol. The van der Waals surface area contributed by atoms with E-state index in [-0.39, 0.29) is 16.8 Å². The number of H-pyrrole nitrogens is 1. The van der Waals surface area contributed by atoms with Gasteiger partial charge in [0.05, 0.1) is 12.1 Å². The molecule has 0 saturated heterocycles. The molecule has 0 saturated carbocycles. The van der Waals surface area contributed by atoms with Gasteiger partial charge in [-0.3, -0.25) is 0 Å². The minimum atomic E-state index is -0.955. The summed E-state index contributed by atoms with van der Waals surface area (Å²) in [6.45, 7) is 0.107. The highest BCUT2D eigenvalue weighted by Gasteiger charge is 2.14. The van der Waals surface area contributed by atoms with Crippen LogP contribution in [0.15, 0.2) is 23.0 Å². The lowest BCUT2D eigenvalue weighted by Crippen LogP contribution is -2.03. The Bertz CT molecular complexity index is 762. The predicted octanol–water partition coefficient (Wildman–Crippen LogP) is 2.41. The Kier molecular flexibility index (Phi) is 2.44. The third-order valence-corrected chi connectivity index (χ3v) is 2.85. The molecule has 0 fully saturated rings. The minimum absolute atomic E-state index is 0.0600. The molecule has 1 aromatic carbocycles. The van der Waals surface area contributed by atoms with Crippen molar-refractivity contribution < 1.29 is 13.3 Å². The largest absolute Gasteiger partial charge is 0.343 e. The van der Waals surface area contributed by atoms with E-state index in [1.807, 2.05) is 0 Å². The standard InChI is InChI=1S/C10H6F2N4OS/c11-5-1-2-6-9(8(5)12)16(10(18)14-6)3-7-13-4-17-15-7/h1-2,4H,3H2,(H,14,18). The molecule has 0 aliphatic heterocycles. The topological polar surface area (TPSA) is 59.6 Å². The van der Waals surface area contributed by atoms with Crippen molar-refractivity contribution in [3.8, 4) is 0 Å². The van der Waals surface area contributed by atoms with E-state index in [1.165, 1.54) is 10.6 Å². The van der Waals surface area contributed by atoms with Crippen molar-refractivity contribution in [1.82, 2.24) is 19.7 Å². The van der Waals surface area contributed by atoms with Crippen molar-refractivity contribution in [2.45, 2.75) is 6.54 Å². The van der Waals surface area contributed by atoms with Crippen LogP contribution in [0.1, 0.15) is 5.82 Å². The first-order valence-electron chi connectivity index (χ1n) is 4.98. The second kappa shape index (κ2) is 3.98. The van der Waals surface area contributed by atoms with Gasteiger partial charge in [-0.2, -0.15) is 4.98 Å². The molecular formula is C10H6F2N4OS. The number of nitrogens with one attached hydrogen (secondary N) is 1. The third-order valence-electron chi connectivity index (χ3n) is 2.53. The number of rotatable bonds is 2. The van der Waals surface area contributed by atoms with Gasteiger partial charge in [-0.25, -0.2) is 8.78 Å². The molecule has 92 valence electrons. The lowest BCUT2D eigenvalue weighted by atomic mass is 10.3. The minimum Gasteiger partial charge on any atom is -0.343 e. The van der Waals surface area contributed by atoms with Crippen LogP contribution in [-0.2, 0) is 6.54 Å². The average molecular weight is 268 g/mol. The van der Waals surface area contributed by atoms with E-state index < -0.39 is 11.6 Å².